The maximum atomic E-state index is 13.1. The van der Waals surface area contributed by atoms with Gasteiger partial charge < -0.3 is 10.8 Å². The van der Waals surface area contributed by atoms with E-state index in [4.69, 9.17) is 16.1 Å². The SMILES string of the molecule is N#CC[C@@H](N)c1cc(F)c(O)cc1F. The number of nitrogens with two attached hydrogens (primary N) is 1. The van der Waals surface area contributed by atoms with Gasteiger partial charge in [0.1, 0.15) is 5.82 Å². The van der Waals surface area contributed by atoms with Crippen LogP contribution in [-0.4, -0.2) is 5.11 Å². The molecule has 74 valence electrons. The molecule has 0 aliphatic rings. The van der Waals surface area contributed by atoms with Crippen molar-refractivity contribution in [2.24, 2.45) is 5.73 Å². The second kappa shape index (κ2) is 4.03. The first-order valence-corrected chi connectivity index (χ1v) is 3.86. The minimum absolute atomic E-state index is 0.109. The first kappa shape index (κ1) is 10.4. The molecule has 0 aromatic heterocycles. The van der Waals surface area contributed by atoms with Gasteiger partial charge in [-0.05, 0) is 6.07 Å². The molecule has 0 radical (unpaired) electrons. The molecule has 0 bridgehead atoms. The lowest BCUT2D eigenvalue weighted by atomic mass is 10.0. The van der Waals surface area contributed by atoms with Crippen LogP contribution in [0.3, 0.4) is 0 Å². The van der Waals surface area contributed by atoms with Crippen molar-refractivity contribution in [3.63, 3.8) is 0 Å². The third-order valence-electron chi connectivity index (χ3n) is 1.78. The second-order valence-corrected chi connectivity index (χ2v) is 2.79. The van der Waals surface area contributed by atoms with Gasteiger partial charge in [0.05, 0.1) is 12.5 Å². The Balaban J connectivity index is 3.10. The van der Waals surface area contributed by atoms with E-state index < -0.39 is 23.4 Å². The molecule has 3 N–H and O–H groups in total. The molecule has 0 unspecified atom stereocenters. The monoisotopic (exact) mass is 198 g/mol. The third kappa shape index (κ3) is 1.98. The van der Waals surface area contributed by atoms with E-state index in [0.29, 0.717) is 6.07 Å². The molecule has 1 atom stereocenters. The number of aromatic hydroxyl groups is 1. The fourth-order valence-electron chi connectivity index (χ4n) is 1.04. The number of nitriles is 1. The summed E-state index contributed by atoms with van der Waals surface area (Å²) in [6.07, 6.45) is -0.110. The molecule has 0 spiro atoms. The van der Waals surface area contributed by atoms with Gasteiger partial charge in [0.2, 0.25) is 0 Å². The third-order valence-corrected chi connectivity index (χ3v) is 1.78. The summed E-state index contributed by atoms with van der Waals surface area (Å²) in [6.45, 7) is 0. The van der Waals surface area contributed by atoms with Crippen molar-refractivity contribution in [1.29, 1.82) is 5.26 Å². The summed E-state index contributed by atoms with van der Waals surface area (Å²) in [5.41, 5.74) is 5.31. The van der Waals surface area contributed by atoms with Gasteiger partial charge in [0, 0.05) is 17.7 Å². The fourth-order valence-corrected chi connectivity index (χ4v) is 1.04. The predicted molar refractivity (Wildman–Crippen MR) is 45.2 cm³/mol. The molecule has 0 amide bonds. The molecule has 1 rings (SSSR count). The molecule has 5 heteroatoms. The van der Waals surface area contributed by atoms with Gasteiger partial charge in [-0.3, -0.25) is 0 Å². The van der Waals surface area contributed by atoms with E-state index in [9.17, 15) is 8.78 Å². The van der Waals surface area contributed by atoms with Crippen molar-refractivity contribution in [2.45, 2.75) is 12.5 Å². The Hall–Kier alpha value is -1.67. The minimum Gasteiger partial charge on any atom is -0.505 e. The molecule has 0 aliphatic carbocycles. The number of phenolic OH excluding ortho intramolecular Hbond substituents is 1. The normalized spacial score (nSPS) is 12.1. The molecule has 0 aliphatic heterocycles. The Kier molecular flexibility index (Phi) is 2.99. The van der Waals surface area contributed by atoms with Crippen LogP contribution in [0, 0.1) is 23.0 Å². The van der Waals surface area contributed by atoms with E-state index in [-0.39, 0.29) is 12.0 Å². The van der Waals surface area contributed by atoms with Crippen molar-refractivity contribution in [2.75, 3.05) is 0 Å². The summed E-state index contributed by atoms with van der Waals surface area (Å²) >= 11 is 0. The quantitative estimate of drug-likeness (QED) is 0.757. The maximum absolute atomic E-state index is 13.1. The van der Waals surface area contributed by atoms with Crippen molar-refractivity contribution in [1.82, 2.24) is 0 Å². The van der Waals surface area contributed by atoms with Gasteiger partial charge in [-0.25, -0.2) is 8.78 Å². The Morgan fingerprint density at radius 3 is 2.64 bits per heavy atom. The number of hydrogen-bond acceptors (Lipinski definition) is 3. The van der Waals surface area contributed by atoms with Crippen molar-refractivity contribution >= 4 is 0 Å². The van der Waals surface area contributed by atoms with Crippen molar-refractivity contribution < 1.29 is 13.9 Å². The molecule has 14 heavy (non-hydrogen) atoms. The Morgan fingerprint density at radius 1 is 1.43 bits per heavy atom. The molecular weight excluding hydrogens is 190 g/mol. The minimum atomic E-state index is -0.949. The van der Waals surface area contributed by atoms with E-state index in [1.54, 1.807) is 6.07 Å². The van der Waals surface area contributed by atoms with E-state index >= 15 is 0 Å². The molecule has 0 saturated carbocycles. The highest BCUT2D eigenvalue weighted by molar-refractivity contribution is 5.31. The standard InChI is InChI=1S/C9H8F2N2O/c10-6-4-9(14)7(11)3-5(6)8(13)1-2-12/h3-4,8,14H,1,13H2/t8-/m1/s1. The summed E-state index contributed by atoms with van der Waals surface area (Å²) in [5, 5.41) is 17.1. The van der Waals surface area contributed by atoms with Crippen LogP contribution in [0.15, 0.2) is 12.1 Å². The van der Waals surface area contributed by atoms with Crippen LogP contribution in [-0.2, 0) is 0 Å². The lowest BCUT2D eigenvalue weighted by molar-refractivity contribution is 0.423. The molecule has 1 aromatic carbocycles. The first-order chi connectivity index (χ1) is 6.56. The van der Waals surface area contributed by atoms with Gasteiger partial charge in [0.25, 0.3) is 0 Å². The largest absolute Gasteiger partial charge is 0.505 e. The highest BCUT2D eigenvalue weighted by Gasteiger charge is 2.14. The van der Waals surface area contributed by atoms with Crippen LogP contribution in [0.25, 0.3) is 0 Å². The Labute approximate surface area is 79.4 Å². The zero-order valence-electron chi connectivity index (χ0n) is 7.17. The van der Waals surface area contributed by atoms with Crippen LogP contribution in [0.1, 0.15) is 18.0 Å². The average molecular weight is 198 g/mol. The van der Waals surface area contributed by atoms with E-state index in [2.05, 4.69) is 0 Å². The Morgan fingerprint density at radius 2 is 2.07 bits per heavy atom. The lowest BCUT2D eigenvalue weighted by Crippen LogP contribution is -2.11. The second-order valence-electron chi connectivity index (χ2n) is 2.79. The van der Waals surface area contributed by atoms with E-state index in [1.807, 2.05) is 0 Å². The Bertz CT molecular complexity index is 387. The molecule has 1 aromatic rings. The van der Waals surface area contributed by atoms with Gasteiger partial charge in [0.15, 0.2) is 11.6 Å². The number of benzene rings is 1. The number of nitrogens with zero attached hydrogens (tertiary/aromatic N) is 1. The molecule has 0 fully saturated rings. The van der Waals surface area contributed by atoms with Crippen molar-refractivity contribution in [3.8, 4) is 11.8 Å². The molecule has 0 heterocycles. The maximum Gasteiger partial charge on any atom is 0.165 e. The fraction of sp³-hybridized carbons (Fsp3) is 0.222. The summed E-state index contributed by atoms with van der Waals surface area (Å²) in [5.74, 6) is -2.53. The first-order valence-electron chi connectivity index (χ1n) is 3.86. The summed E-state index contributed by atoms with van der Waals surface area (Å²) in [4.78, 5) is 0. The number of rotatable bonds is 2. The van der Waals surface area contributed by atoms with Gasteiger partial charge in [-0.15, -0.1) is 0 Å². The van der Waals surface area contributed by atoms with E-state index in [1.165, 1.54) is 0 Å². The van der Waals surface area contributed by atoms with Gasteiger partial charge in [-0.2, -0.15) is 5.26 Å². The van der Waals surface area contributed by atoms with E-state index in [0.717, 1.165) is 6.07 Å². The van der Waals surface area contributed by atoms with Gasteiger partial charge in [-0.1, -0.05) is 0 Å². The molecule has 3 nitrogen and oxygen atoms in total. The summed E-state index contributed by atoms with van der Waals surface area (Å²) < 4.78 is 25.9. The number of hydrogen-bond donors (Lipinski definition) is 2. The van der Waals surface area contributed by atoms with Crippen LogP contribution >= 0.6 is 0 Å². The molecular formula is C9H8F2N2O. The average Bonchev–Trinajstić information content (AvgIpc) is 2.11. The predicted octanol–water partition coefficient (Wildman–Crippen LogP) is 1.58. The zero-order chi connectivity index (χ0) is 10.7. The van der Waals surface area contributed by atoms with Crippen LogP contribution in [0.2, 0.25) is 0 Å². The smallest absolute Gasteiger partial charge is 0.165 e. The molecule has 0 saturated heterocycles. The number of phenols is 1. The number of halogens is 2. The van der Waals surface area contributed by atoms with Crippen LogP contribution < -0.4 is 5.73 Å². The van der Waals surface area contributed by atoms with Crippen LogP contribution in [0.5, 0.6) is 5.75 Å². The summed E-state index contributed by atoms with van der Waals surface area (Å²) in [6, 6.07) is 2.31. The lowest BCUT2D eigenvalue weighted by Gasteiger charge is -2.09. The van der Waals surface area contributed by atoms with Crippen molar-refractivity contribution in [3.05, 3.63) is 29.3 Å². The van der Waals surface area contributed by atoms with Crippen LogP contribution in [0.4, 0.5) is 8.78 Å². The highest BCUT2D eigenvalue weighted by Crippen LogP contribution is 2.24. The topological polar surface area (TPSA) is 70.0 Å². The summed E-state index contributed by atoms with van der Waals surface area (Å²) in [7, 11) is 0. The van der Waals surface area contributed by atoms with Gasteiger partial charge >= 0.3 is 0 Å². The zero-order valence-corrected chi connectivity index (χ0v) is 7.17. The highest BCUT2D eigenvalue weighted by atomic mass is 19.1.